The van der Waals surface area contributed by atoms with Gasteiger partial charge in [-0.15, -0.1) is 0 Å². The Bertz CT molecular complexity index is 1310. The van der Waals surface area contributed by atoms with Crippen molar-refractivity contribution in [2.75, 3.05) is 13.7 Å². The number of benzene rings is 1. The molecule has 1 aromatic carbocycles. The number of carbonyl (C=O) groups excluding carboxylic acids is 2. The fourth-order valence-corrected chi connectivity index (χ4v) is 4.07. The van der Waals surface area contributed by atoms with Gasteiger partial charge in [0, 0.05) is 24.1 Å². The van der Waals surface area contributed by atoms with Crippen molar-refractivity contribution in [1.29, 1.82) is 0 Å². The average Bonchev–Trinajstić information content (AvgIpc) is 2.87. The van der Waals surface area contributed by atoms with Crippen LogP contribution in [0.5, 0.6) is 0 Å². The normalized spacial score (nSPS) is 15.6. The van der Waals surface area contributed by atoms with Crippen molar-refractivity contribution in [3.8, 4) is 11.4 Å². The first-order valence-electron chi connectivity index (χ1n) is 11.4. The summed E-state index contributed by atoms with van der Waals surface area (Å²) >= 11 is 0. The highest BCUT2D eigenvalue weighted by molar-refractivity contribution is 5.89. The molecule has 186 valence electrons. The SMILES string of the molecule is CC.CNC(=O)CO.O=C1OCc2c(cc(-c3cc4c5c(cc(F)cc5n3)CCC4)[nH]c2=O)C1O. The summed E-state index contributed by atoms with van der Waals surface area (Å²) in [4.78, 5) is 41.1. The Morgan fingerprint density at radius 1 is 1.20 bits per heavy atom. The van der Waals surface area contributed by atoms with Gasteiger partial charge in [0.25, 0.3) is 5.56 Å². The third-order valence-electron chi connectivity index (χ3n) is 5.67. The maximum Gasteiger partial charge on any atom is 0.340 e. The molecule has 3 aromatic rings. The Morgan fingerprint density at radius 3 is 2.51 bits per heavy atom. The van der Waals surface area contributed by atoms with Gasteiger partial charge in [-0.3, -0.25) is 9.59 Å². The van der Waals surface area contributed by atoms with Crippen LogP contribution in [0.15, 0.2) is 29.1 Å². The van der Waals surface area contributed by atoms with E-state index in [0.29, 0.717) is 16.9 Å². The molecule has 2 aromatic heterocycles. The fourth-order valence-electron chi connectivity index (χ4n) is 4.07. The highest BCUT2D eigenvalue weighted by atomic mass is 19.1. The molecule has 0 fully saturated rings. The van der Waals surface area contributed by atoms with Crippen molar-refractivity contribution in [2.45, 2.75) is 45.8 Å². The highest BCUT2D eigenvalue weighted by Gasteiger charge is 2.30. The second kappa shape index (κ2) is 11.2. The van der Waals surface area contributed by atoms with Gasteiger partial charge in [-0.1, -0.05) is 13.8 Å². The average molecular weight is 486 g/mol. The van der Waals surface area contributed by atoms with E-state index in [1.807, 2.05) is 19.9 Å². The van der Waals surface area contributed by atoms with Crippen molar-refractivity contribution in [1.82, 2.24) is 15.3 Å². The van der Waals surface area contributed by atoms with E-state index in [9.17, 15) is 23.9 Å². The molecular formula is C25H28FN3O6. The van der Waals surface area contributed by atoms with Gasteiger partial charge in [-0.05, 0) is 48.6 Å². The number of hydrogen-bond acceptors (Lipinski definition) is 7. The lowest BCUT2D eigenvalue weighted by atomic mass is 9.89. The molecule has 35 heavy (non-hydrogen) atoms. The Labute approximate surface area is 201 Å². The van der Waals surface area contributed by atoms with E-state index in [-0.39, 0.29) is 29.5 Å². The maximum absolute atomic E-state index is 14.0. The maximum atomic E-state index is 14.0. The number of halogens is 1. The molecule has 0 radical (unpaired) electrons. The lowest BCUT2D eigenvalue weighted by molar-refractivity contribution is -0.157. The van der Waals surface area contributed by atoms with Gasteiger partial charge < -0.3 is 25.3 Å². The van der Waals surface area contributed by atoms with E-state index in [4.69, 9.17) is 9.84 Å². The molecule has 0 saturated carbocycles. The molecule has 10 heteroatoms. The summed E-state index contributed by atoms with van der Waals surface area (Å²) in [5, 5.41) is 21.2. The molecule has 5 rings (SSSR count). The zero-order chi connectivity index (χ0) is 25.7. The minimum atomic E-state index is -1.50. The third kappa shape index (κ3) is 5.39. The van der Waals surface area contributed by atoms with E-state index in [1.165, 1.54) is 13.1 Å². The standard InChI is InChI=1S/C20H15FN2O4.C3H7NO2.C2H6/c21-11-4-9-2-1-3-10-5-14(22-16(6-11)17(9)10)15-7-12-13(19(25)23-15)8-27-20(26)18(12)24;1-4-3(6)2-5;1-2/h4-7,18,24H,1-3,8H2,(H,23,25);5H,2H2,1H3,(H,4,6);1-2H3. The number of cyclic esters (lactones) is 1. The van der Waals surface area contributed by atoms with Gasteiger partial charge in [0.15, 0.2) is 6.10 Å². The Balaban J connectivity index is 0.000000377. The Kier molecular flexibility index (Phi) is 8.31. The zero-order valence-electron chi connectivity index (χ0n) is 19.8. The minimum Gasteiger partial charge on any atom is -0.458 e. The predicted octanol–water partition coefficient (Wildman–Crippen LogP) is 2.06. The Hall–Kier alpha value is -3.63. The molecule has 9 nitrogen and oxygen atoms in total. The fraction of sp³-hybridized carbons (Fsp3) is 0.360. The van der Waals surface area contributed by atoms with Crippen LogP contribution in [0.3, 0.4) is 0 Å². The molecule has 0 bridgehead atoms. The first-order valence-corrected chi connectivity index (χ1v) is 11.4. The number of rotatable bonds is 2. The number of pyridine rings is 2. The lowest BCUT2D eigenvalue weighted by Gasteiger charge is -2.21. The number of nitrogens with one attached hydrogen (secondary N) is 2. The number of H-pyrrole nitrogens is 1. The molecule has 1 atom stereocenters. The summed E-state index contributed by atoms with van der Waals surface area (Å²) in [6.07, 6.45) is 1.07. The number of nitrogens with zero attached hydrogens (tertiary/aromatic N) is 1. The molecule has 1 aliphatic heterocycles. The minimum absolute atomic E-state index is 0.175. The van der Waals surface area contributed by atoms with Crippen LogP contribution in [0.25, 0.3) is 22.3 Å². The summed E-state index contributed by atoms with van der Waals surface area (Å²) in [6, 6.07) is 6.37. The van der Waals surface area contributed by atoms with Crippen LogP contribution in [0, 0.1) is 5.82 Å². The molecule has 1 amide bonds. The van der Waals surface area contributed by atoms with Crippen LogP contribution in [-0.2, 0) is 33.8 Å². The number of aromatic nitrogens is 2. The second-order valence-electron chi connectivity index (χ2n) is 7.77. The van der Waals surface area contributed by atoms with Gasteiger partial charge >= 0.3 is 5.97 Å². The number of fused-ring (bicyclic) bond motifs is 1. The van der Waals surface area contributed by atoms with Gasteiger partial charge in [0.05, 0.1) is 22.5 Å². The number of likely N-dealkylation sites (N-methyl/N-ethyl adjacent to an activating group) is 1. The number of aromatic amines is 1. The largest absolute Gasteiger partial charge is 0.458 e. The highest BCUT2D eigenvalue weighted by Crippen LogP contribution is 2.33. The topological polar surface area (TPSA) is 142 Å². The number of ether oxygens (including phenoxy) is 1. The van der Waals surface area contributed by atoms with Crippen LogP contribution in [0.1, 0.15) is 48.6 Å². The molecule has 4 N–H and O–H groups in total. The molecular weight excluding hydrogens is 457 g/mol. The predicted molar refractivity (Wildman–Crippen MR) is 127 cm³/mol. The second-order valence-corrected chi connectivity index (χ2v) is 7.77. The number of aliphatic hydroxyl groups excluding tert-OH is 2. The molecule has 0 saturated heterocycles. The summed E-state index contributed by atoms with van der Waals surface area (Å²) in [7, 11) is 1.47. The van der Waals surface area contributed by atoms with Gasteiger partial charge in [0.1, 0.15) is 19.0 Å². The number of amides is 1. The van der Waals surface area contributed by atoms with Crippen molar-refractivity contribution < 1.29 is 28.9 Å². The van der Waals surface area contributed by atoms with E-state index in [2.05, 4.69) is 15.3 Å². The molecule has 2 aliphatic rings. The molecule has 1 unspecified atom stereocenters. The quantitative estimate of drug-likeness (QED) is 0.407. The molecule has 3 heterocycles. The van der Waals surface area contributed by atoms with E-state index in [1.54, 1.807) is 12.1 Å². The van der Waals surface area contributed by atoms with Gasteiger partial charge in [-0.2, -0.15) is 0 Å². The Morgan fingerprint density at radius 2 is 1.89 bits per heavy atom. The summed E-state index contributed by atoms with van der Waals surface area (Å²) in [5.41, 5.74) is 3.39. The van der Waals surface area contributed by atoms with Crippen molar-refractivity contribution in [3.63, 3.8) is 0 Å². The van der Waals surface area contributed by atoms with Crippen LogP contribution in [0.4, 0.5) is 4.39 Å². The monoisotopic (exact) mass is 485 g/mol. The van der Waals surface area contributed by atoms with E-state index < -0.39 is 24.2 Å². The summed E-state index contributed by atoms with van der Waals surface area (Å²) < 4.78 is 18.8. The van der Waals surface area contributed by atoms with Crippen molar-refractivity contribution in [3.05, 3.63) is 62.7 Å². The van der Waals surface area contributed by atoms with Gasteiger partial charge in [0.2, 0.25) is 5.91 Å². The molecule has 1 aliphatic carbocycles. The zero-order valence-corrected chi connectivity index (χ0v) is 19.8. The van der Waals surface area contributed by atoms with Crippen molar-refractivity contribution >= 4 is 22.8 Å². The molecule has 0 spiro atoms. The summed E-state index contributed by atoms with van der Waals surface area (Å²) in [6.45, 7) is 3.41. The van der Waals surface area contributed by atoms with Gasteiger partial charge in [-0.25, -0.2) is 14.2 Å². The number of esters is 1. The van der Waals surface area contributed by atoms with Crippen LogP contribution in [0.2, 0.25) is 0 Å². The van der Waals surface area contributed by atoms with Crippen molar-refractivity contribution in [2.24, 2.45) is 0 Å². The number of aryl methyl sites for hydroxylation is 2. The summed E-state index contributed by atoms with van der Waals surface area (Å²) in [5.74, 6) is -1.48. The van der Waals surface area contributed by atoms with E-state index >= 15 is 0 Å². The first-order chi connectivity index (χ1) is 16.8. The van der Waals surface area contributed by atoms with Crippen LogP contribution < -0.4 is 10.9 Å². The number of aliphatic hydroxyl groups is 2. The van der Waals surface area contributed by atoms with E-state index in [0.717, 1.165) is 35.8 Å². The number of carbonyl (C=O) groups is 2. The number of hydrogen-bond donors (Lipinski definition) is 4. The third-order valence-corrected chi connectivity index (χ3v) is 5.67. The lowest BCUT2D eigenvalue weighted by Crippen LogP contribution is -2.29. The van der Waals surface area contributed by atoms with Crippen LogP contribution >= 0.6 is 0 Å². The van der Waals surface area contributed by atoms with Crippen LogP contribution in [-0.4, -0.2) is 45.7 Å². The smallest absolute Gasteiger partial charge is 0.340 e. The first kappa shape index (κ1) is 26.0.